The summed E-state index contributed by atoms with van der Waals surface area (Å²) in [5.41, 5.74) is 5.72. The number of anilines is 1. The van der Waals surface area contributed by atoms with Crippen LogP contribution in [0.5, 0.6) is 0 Å². The van der Waals surface area contributed by atoms with Gasteiger partial charge in [0.05, 0.1) is 0 Å². The highest BCUT2D eigenvalue weighted by Crippen LogP contribution is 2.18. The van der Waals surface area contributed by atoms with Crippen molar-refractivity contribution in [1.82, 2.24) is 0 Å². The van der Waals surface area contributed by atoms with Gasteiger partial charge < -0.3 is 5.32 Å². The fourth-order valence-corrected chi connectivity index (χ4v) is 2.42. The van der Waals surface area contributed by atoms with E-state index in [1.165, 1.54) is 11.1 Å². The lowest BCUT2D eigenvalue weighted by Gasteiger charge is -2.10. The molecule has 1 N–H and O–H groups in total. The van der Waals surface area contributed by atoms with Gasteiger partial charge in [0.15, 0.2) is 0 Å². The van der Waals surface area contributed by atoms with Crippen LogP contribution in [0.15, 0.2) is 91.5 Å². The number of rotatable bonds is 5. The summed E-state index contributed by atoms with van der Waals surface area (Å²) in [5, 5.41) is 3.35. The third-order valence-electron chi connectivity index (χ3n) is 3.62. The molecule has 0 aromatic heterocycles. The molecule has 0 aliphatic carbocycles. The van der Waals surface area contributed by atoms with Crippen LogP contribution in [0.4, 0.5) is 5.69 Å². The second kappa shape index (κ2) is 6.77. The van der Waals surface area contributed by atoms with Gasteiger partial charge in [-0.1, -0.05) is 79.4 Å². The molecule has 3 rings (SSSR count). The molecule has 1 nitrogen and oxygen atoms in total. The second-order valence-corrected chi connectivity index (χ2v) is 5.33. The summed E-state index contributed by atoms with van der Waals surface area (Å²) in [6.07, 6.45) is 0.959. The Morgan fingerprint density at radius 2 is 1.23 bits per heavy atom. The van der Waals surface area contributed by atoms with Gasteiger partial charge in [-0.3, -0.25) is 0 Å². The van der Waals surface area contributed by atoms with Crippen LogP contribution in [0.25, 0.3) is 5.70 Å². The molecule has 22 heavy (non-hydrogen) atoms. The molecule has 1 heteroatoms. The monoisotopic (exact) mass is 285 g/mol. The molecule has 0 aliphatic rings. The Morgan fingerprint density at radius 1 is 0.682 bits per heavy atom. The predicted molar refractivity (Wildman–Crippen MR) is 94.8 cm³/mol. The molecule has 0 amide bonds. The van der Waals surface area contributed by atoms with E-state index in [0.717, 1.165) is 23.4 Å². The third kappa shape index (κ3) is 3.64. The Morgan fingerprint density at radius 3 is 1.86 bits per heavy atom. The Bertz CT molecular complexity index is 728. The normalized spacial score (nSPS) is 10.2. The smallest absolute Gasteiger partial charge is 0.0384 e. The maximum Gasteiger partial charge on any atom is 0.0384 e. The summed E-state index contributed by atoms with van der Waals surface area (Å²) in [4.78, 5) is 0. The summed E-state index contributed by atoms with van der Waals surface area (Å²) in [6.45, 7) is 4.10. The van der Waals surface area contributed by atoms with Crippen molar-refractivity contribution in [3.05, 3.63) is 108 Å². The summed E-state index contributed by atoms with van der Waals surface area (Å²) in [6, 6.07) is 29.2. The van der Waals surface area contributed by atoms with Gasteiger partial charge in [-0.2, -0.15) is 0 Å². The molecule has 0 spiro atoms. The molecular weight excluding hydrogens is 266 g/mol. The van der Waals surface area contributed by atoms with Gasteiger partial charge in [-0.15, -0.1) is 0 Å². The van der Waals surface area contributed by atoms with Crippen molar-refractivity contribution in [3.63, 3.8) is 0 Å². The lowest BCUT2D eigenvalue weighted by atomic mass is 10.0. The lowest BCUT2D eigenvalue weighted by molar-refractivity contribution is 1.19. The summed E-state index contributed by atoms with van der Waals surface area (Å²) < 4.78 is 0. The van der Waals surface area contributed by atoms with Crippen LogP contribution in [-0.2, 0) is 6.42 Å². The Balaban J connectivity index is 1.66. The number of hydrogen-bond acceptors (Lipinski definition) is 1. The van der Waals surface area contributed by atoms with E-state index in [1.54, 1.807) is 0 Å². The first-order valence-electron chi connectivity index (χ1n) is 7.45. The minimum absolute atomic E-state index is 0.913. The highest BCUT2D eigenvalue weighted by Gasteiger charge is 2.00. The quantitative estimate of drug-likeness (QED) is 0.665. The van der Waals surface area contributed by atoms with Crippen molar-refractivity contribution >= 4 is 11.4 Å². The highest BCUT2D eigenvalue weighted by molar-refractivity contribution is 5.75. The van der Waals surface area contributed by atoms with Crippen molar-refractivity contribution < 1.29 is 0 Å². The Labute approximate surface area is 132 Å². The SMILES string of the molecule is C=C(Nc1ccc(Cc2ccccc2)cc1)c1ccccc1. The molecule has 0 radical (unpaired) electrons. The number of nitrogens with one attached hydrogen (secondary N) is 1. The van der Waals surface area contributed by atoms with Crippen LogP contribution in [0.2, 0.25) is 0 Å². The highest BCUT2D eigenvalue weighted by atomic mass is 14.9. The number of hydrogen-bond donors (Lipinski definition) is 1. The lowest BCUT2D eigenvalue weighted by Crippen LogP contribution is -1.97. The van der Waals surface area contributed by atoms with Crippen molar-refractivity contribution in [2.45, 2.75) is 6.42 Å². The van der Waals surface area contributed by atoms with Crippen LogP contribution < -0.4 is 5.32 Å². The van der Waals surface area contributed by atoms with Gasteiger partial charge in [0, 0.05) is 11.4 Å². The van der Waals surface area contributed by atoms with E-state index >= 15 is 0 Å². The van der Waals surface area contributed by atoms with E-state index < -0.39 is 0 Å². The van der Waals surface area contributed by atoms with E-state index in [2.05, 4.69) is 72.6 Å². The summed E-state index contributed by atoms with van der Waals surface area (Å²) >= 11 is 0. The van der Waals surface area contributed by atoms with Gasteiger partial charge in [0.25, 0.3) is 0 Å². The van der Waals surface area contributed by atoms with Gasteiger partial charge in [0.2, 0.25) is 0 Å². The zero-order valence-corrected chi connectivity index (χ0v) is 12.5. The second-order valence-electron chi connectivity index (χ2n) is 5.33. The molecule has 3 aromatic carbocycles. The zero-order valence-electron chi connectivity index (χ0n) is 12.5. The topological polar surface area (TPSA) is 12.0 Å². The van der Waals surface area contributed by atoms with Crippen molar-refractivity contribution in [3.8, 4) is 0 Å². The molecule has 0 unspecified atom stereocenters. The Hall–Kier alpha value is -2.80. The van der Waals surface area contributed by atoms with Crippen LogP contribution in [0.1, 0.15) is 16.7 Å². The van der Waals surface area contributed by atoms with Crippen LogP contribution >= 0.6 is 0 Å². The molecule has 0 saturated heterocycles. The first kappa shape index (κ1) is 14.2. The average Bonchev–Trinajstić information content (AvgIpc) is 2.58. The zero-order chi connectivity index (χ0) is 15.2. The minimum Gasteiger partial charge on any atom is -0.356 e. The molecule has 0 saturated carbocycles. The van der Waals surface area contributed by atoms with Gasteiger partial charge in [-0.25, -0.2) is 0 Å². The van der Waals surface area contributed by atoms with Gasteiger partial charge >= 0.3 is 0 Å². The van der Waals surface area contributed by atoms with E-state index in [1.807, 2.05) is 24.3 Å². The van der Waals surface area contributed by atoms with Crippen LogP contribution in [0.3, 0.4) is 0 Å². The Kier molecular flexibility index (Phi) is 4.35. The van der Waals surface area contributed by atoms with Crippen LogP contribution in [0, 0.1) is 0 Å². The average molecular weight is 285 g/mol. The third-order valence-corrected chi connectivity index (χ3v) is 3.62. The van der Waals surface area contributed by atoms with E-state index in [-0.39, 0.29) is 0 Å². The van der Waals surface area contributed by atoms with Crippen molar-refractivity contribution in [1.29, 1.82) is 0 Å². The molecule has 0 heterocycles. The van der Waals surface area contributed by atoms with Gasteiger partial charge in [0.1, 0.15) is 0 Å². The van der Waals surface area contributed by atoms with Gasteiger partial charge in [-0.05, 0) is 35.2 Å². The first-order chi connectivity index (χ1) is 10.8. The summed E-state index contributed by atoms with van der Waals surface area (Å²) in [5.74, 6) is 0. The largest absolute Gasteiger partial charge is 0.356 e. The molecule has 0 fully saturated rings. The molecular formula is C21H19N. The summed E-state index contributed by atoms with van der Waals surface area (Å²) in [7, 11) is 0. The fourth-order valence-electron chi connectivity index (χ4n) is 2.42. The van der Waals surface area contributed by atoms with E-state index in [9.17, 15) is 0 Å². The number of benzene rings is 3. The fraction of sp³-hybridized carbons (Fsp3) is 0.0476. The maximum absolute atomic E-state index is 4.10. The minimum atomic E-state index is 0.913. The predicted octanol–water partition coefficient (Wildman–Crippen LogP) is 5.36. The van der Waals surface area contributed by atoms with Crippen LogP contribution in [-0.4, -0.2) is 0 Å². The molecule has 3 aromatic rings. The van der Waals surface area contributed by atoms with Crippen molar-refractivity contribution in [2.24, 2.45) is 0 Å². The first-order valence-corrected chi connectivity index (χ1v) is 7.45. The molecule has 0 aliphatic heterocycles. The van der Waals surface area contributed by atoms with E-state index in [0.29, 0.717) is 0 Å². The molecule has 0 atom stereocenters. The maximum atomic E-state index is 4.10. The molecule has 0 bridgehead atoms. The van der Waals surface area contributed by atoms with Crippen molar-refractivity contribution in [2.75, 3.05) is 5.32 Å². The van der Waals surface area contributed by atoms with E-state index in [4.69, 9.17) is 0 Å². The molecule has 108 valence electrons. The standard InChI is InChI=1S/C21H19N/c1-17(20-10-6-3-7-11-20)22-21-14-12-19(13-15-21)16-18-8-4-2-5-9-18/h2-15,22H,1,16H2.